The van der Waals surface area contributed by atoms with Crippen molar-refractivity contribution in [3.8, 4) is 0 Å². The molecule has 0 aliphatic carbocycles. The Hall–Kier alpha value is -3.19. The van der Waals surface area contributed by atoms with Crippen LogP contribution in [0.3, 0.4) is 0 Å². The van der Waals surface area contributed by atoms with Crippen molar-refractivity contribution in [2.75, 3.05) is 38.7 Å². The number of rotatable bonds is 10. The van der Waals surface area contributed by atoms with Gasteiger partial charge in [-0.2, -0.15) is 11.8 Å². The van der Waals surface area contributed by atoms with Crippen LogP contribution in [-0.4, -0.2) is 60.3 Å². The summed E-state index contributed by atoms with van der Waals surface area (Å²) in [5.41, 5.74) is 17.0. The summed E-state index contributed by atoms with van der Waals surface area (Å²) in [5.74, 6) is 1.29. The zero-order valence-electron chi connectivity index (χ0n) is 19.9. The van der Waals surface area contributed by atoms with Crippen molar-refractivity contribution in [2.45, 2.75) is 13.8 Å². The Balaban J connectivity index is 1.75. The van der Waals surface area contributed by atoms with Crippen molar-refractivity contribution in [1.82, 2.24) is 9.80 Å². The van der Waals surface area contributed by atoms with E-state index in [4.69, 9.17) is 11.5 Å². The van der Waals surface area contributed by atoms with E-state index in [1.807, 2.05) is 62.4 Å². The molecule has 0 saturated heterocycles. The average molecular weight is 467 g/mol. The zero-order valence-corrected chi connectivity index (χ0v) is 20.7. The van der Waals surface area contributed by atoms with Crippen LogP contribution in [0.2, 0.25) is 0 Å². The monoisotopic (exact) mass is 466 g/mol. The summed E-state index contributed by atoms with van der Waals surface area (Å²) in [6, 6.07) is 15.4. The predicted octanol–water partition coefficient (Wildman–Crippen LogP) is 3.25. The van der Waals surface area contributed by atoms with E-state index in [1.54, 1.807) is 35.7 Å². The Morgan fingerprint density at radius 2 is 1.12 bits per heavy atom. The van der Waals surface area contributed by atoms with Crippen LogP contribution in [0.4, 0.5) is 0 Å². The van der Waals surface area contributed by atoms with E-state index in [0.29, 0.717) is 24.5 Å². The minimum atomic E-state index is -0.125. The molecule has 0 radical (unpaired) electrons. The van der Waals surface area contributed by atoms with Crippen LogP contribution in [0.25, 0.3) is 11.4 Å². The molecular formula is C26H34N4O2S. The van der Waals surface area contributed by atoms with Crippen LogP contribution < -0.4 is 11.5 Å². The van der Waals surface area contributed by atoms with Gasteiger partial charge in [-0.15, -0.1) is 0 Å². The minimum Gasteiger partial charge on any atom is -0.398 e. The van der Waals surface area contributed by atoms with Crippen molar-refractivity contribution in [2.24, 2.45) is 11.5 Å². The molecule has 0 fully saturated rings. The zero-order chi connectivity index (χ0) is 24.4. The number of carbonyl (C=O) groups is 2. The van der Waals surface area contributed by atoms with Crippen LogP contribution in [0.5, 0.6) is 0 Å². The second-order valence-electron chi connectivity index (χ2n) is 7.96. The van der Waals surface area contributed by atoms with Gasteiger partial charge in [0.25, 0.3) is 0 Å². The van der Waals surface area contributed by atoms with Gasteiger partial charge in [-0.3, -0.25) is 9.59 Å². The second-order valence-corrected chi connectivity index (χ2v) is 9.19. The molecule has 2 aromatic rings. The lowest BCUT2D eigenvalue weighted by atomic mass is 10.1. The number of thioether (sulfide) groups is 1. The summed E-state index contributed by atoms with van der Waals surface area (Å²) in [7, 11) is 3.53. The quantitative estimate of drug-likeness (QED) is 0.414. The van der Waals surface area contributed by atoms with E-state index < -0.39 is 0 Å². The van der Waals surface area contributed by atoms with E-state index in [2.05, 4.69) is 0 Å². The lowest BCUT2D eigenvalue weighted by Gasteiger charge is -2.18. The number of amides is 2. The molecule has 0 unspecified atom stereocenters. The fourth-order valence-electron chi connectivity index (χ4n) is 3.16. The highest BCUT2D eigenvalue weighted by Crippen LogP contribution is 2.15. The number of aryl methyl sites for hydroxylation is 2. The van der Waals surface area contributed by atoms with Gasteiger partial charge in [-0.05, 0) is 25.0 Å². The van der Waals surface area contributed by atoms with Crippen molar-refractivity contribution >= 4 is 35.0 Å². The first-order valence-electron chi connectivity index (χ1n) is 10.8. The fraction of sp³-hybridized carbons (Fsp3) is 0.308. The first-order valence-corrected chi connectivity index (χ1v) is 12.0. The number of nitrogens with zero attached hydrogens (tertiary/aromatic N) is 2. The third kappa shape index (κ3) is 8.02. The lowest BCUT2D eigenvalue weighted by molar-refractivity contribution is -0.125. The van der Waals surface area contributed by atoms with Crippen molar-refractivity contribution in [3.63, 3.8) is 0 Å². The van der Waals surface area contributed by atoms with Crippen molar-refractivity contribution in [3.05, 3.63) is 82.9 Å². The van der Waals surface area contributed by atoms with Gasteiger partial charge in [0, 0.05) is 73.4 Å². The van der Waals surface area contributed by atoms with Gasteiger partial charge in [0.05, 0.1) is 0 Å². The highest BCUT2D eigenvalue weighted by atomic mass is 32.2. The number of hydrogen-bond donors (Lipinski definition) is 2. The molecule has 0 heterocycles. The number of likely N-dealkylation sites (N-methyl/N-ethyl adjacent to an activating group) is 2. The number of nitrogens with two attached hydrogens (primary N) is 2. The fourth-order valence-corrected chi connectivity index (χ4v) is 4.17. The molecule has 0 spiro atoms. The molecule has 0 aliphatic rings. The number of carbonyl (C=O) groups excluding carboxylic acids is 2. The summed E-state index contributed by atoms with van der Waals surface area (Å²) >= 11 is 1.69. The summed E-state index contributed by atoms with van der Waals surface area (Å²) in [6.45, 7) is 5.13. The number of benzene rings is 2. The van der Waals surface area contributed by atoms with Gasteiger partial charge in [0.15, 0.2) is 0 Å². The van der Waals surface area contributed by atoms with E-state index in [1.165, 1.54) is 12.2 Å². The molecule has 2 rings (SSSR count). The van der Waals surface area contributed by atoms with Crippen molar-refractivity contribution < 1.29 is 9.59 Å². The maximum Gasteiger partial charge on any atom is 0.248 e. The molecule has 0 aliphatic heterocycles. The van der Waals surface area contributed by atoms with E-state index in [0.717, 1.165) is 33.8 Å². The molecule has 2 aromatic carbocycles. The molecule has 33 heavy (non-hydrogen) atoms. The molecule has 0 aromatic heterocycles. The standard InChI is InChI=1S/C26H34N4O2S/c1-19-9-5-7-11-21(19)23(27)17-25(31)29(3)13-15-33-16-14-30(4)26(32)18-24(28)22-12-8-6-10-20(22)2/h5-12,17-18H,13-16,27-28H2,1-4H3/b23-17+,24-18+. The van der Waals surface area contributed by atoms with E-state index in [9.17, 15) is 9.59 Å². The molecule has 6 nitrogen and oxygen atoms in total. The van der Waals surface area contributed by atoms with Crippen LogP contribution in [0, 0.1) is 13.8 Å². The van der Waals surface area contributed by atoms with Gasteiger partial charge in [0.2, 0.25) is 11.8 Å². The van der Waals surface area contributed by atoms with Gasteiger partial charge in [-0.25, -0.2) is 0 Å². The molecule has 7 heteroatoms. The molecular weight excluding hydrogens is 432 g/mol. The highest BCUT2D eigenvalue weighted by Gasteiger charge is 2.10. The SMILES string of the molecule is Cc1ccccc1/C(N)=C\C(=O)N(C)CCSCCN(C)C(=O)/C=C(/N)c1ccccc1C. The topological polar surface area (TPSA) is 92.7 Å². The van der Waals surface area contributed by atoms with Crippen LogP contribution >= 0.6 is 11.8 Å². The summed E-state index contributed by atoms with van der Waals surface area (Å²) in [5, 5.41) is 0. The maximum atomic E-state index is 12.4. The summed E-state index contributed by atoms with van der Waals surface area (Å²) < 4.78 is 0. The van der Waals surface area contributed by atoms with E-state index in [-0.39, 0.29) is 11.8 Å². The van der Waals surface area contributed by atoms with Crippen molar-refractivity contribution in [1.29, 1.82) is 0 Å². The summed E-state index contributed by atoms with van der Waals surface area (Å²) in [4.78, 5) is 28.2. The van der Waals surface area contributed by atoms with Crippen LogP contribution in [0.15, 0.2) is 60.7 Å². The van der Waals surface area contributed by atoms with Gasteiger partial charge >= 0.3 is 0 Å². The molecule has 0 saturated carbocycles. The smallest absolute Gasteiger partial charge is 0.248 e. The minimum absolute atomic E-state index is 0.125. The van der Waals surface area contributed by atoms with Gasteiger partial charge < -0.3 is 21.3 Å². The summed E-state index contributed by atoms with van der Waals surface area (Å²) in [6.07, 6.45) is 2.95. The number of hydrogen-bond acceptors (Lipinski definition) is 5. The maximum absolute atomic E-state index is 12.4. The Bertz CT molecular complexity index is 951. The molecule has 4 N–H and O–H groups in total. The Morgan fingerprint density at radius 3 is 1.48 bits per heavy atom. The third-order valence-corrected chi connectivity index (χ3v) is 6.31. The first-order chi connectivity index (χ1) is 15.7. The highest BCUT2D eigenvalue weighted by molar-refractivity contribution is 7.99. The van der Waals surface area contributed by atoms with Gasteiger partial charge in [0.1, 0.15) is 0 Å². The lowest BCUT2D eigenvalue weighted by Crippen LogP contribution is -2.29. The first kappa shape index (κ1) is 26.1. The normalized spacial score (nSPS) is 11.9. The average Bonchev–Trinajstić information content (AvgIpc) is 2.78. The Kier molecular flexibility index (Phi) is 10.1. The van der Waals surface area contributed by atoms with Crippen LogP contribution in [0.1, 0.15) is 22.3 Å². The van der Waals surface area contributed by atoms with E-state index >= 15 is 0 Å². The predicted molar refractivity (Wildman–Crippen MR) is 139 cm³/mol. The molecule has 0 atom stereocenters. The molecule has 0 bridgehead atoms. The third-order valence-electron chi connectivity index (χ3n) is 5.36. The second kappa shape index (κ2) is 12.7. The van der Waals surface area contributed by atoms with Crippen LogP contribution in [-0.2, 0) is 9.59 Å². The Morgan fingerprint density at radius 1 is 0.758 bits per heavy atom. The molecule has 2 amide bonds. The van der Waals surface area contributed by atoms with Gasteiger partial charge in [-0.1, -0.05) is 48.5 Å². The molecule has 176 valence electrons. The Labute approximate surface area is 201 Å². The largest absolute Gasteiger partial charge is 0.398 e.